The van der Waals surface area contributed by atoms with Crippen molar-refractivity contribution < 1.29 is 22.7 Å². The van der Waals surface area contributed by atoms with Gasteiger partial charge in [-0.2, -0.15) is 0 Å². The molecule has 0 heterocycles. The van der Waals surface area contributed by atoms with Crippen LogP contribution in [0.2, 0.25) is 0 Å². The minimum Gasteiger partial charge on any atom is -0.452 e. The second-order valence-electron chi connectivity index (χ2n) is 6.41. The van der Waals surface area contributed by atoms with Gasteiger partial charge in [-0.15, -0.1) is 0 Å². The number of aryl methyl sites for hydroxylation is 1. The van der Waals surface area contributed by atoms with Gasteiger partial charge in [0.25, 0.3) is 5.91 Å². The highest BCUT2D eigenvalue weighted by Crippen LogP contribution is 2.19. The third kappa shape index (κ3) is 5.42. The highest BCUT2D eigenvalue weighted by Gasteiger charge is 2.22. The van der Waals surface area contributed by atoms with Crippen LogP contribution in [0.5, 0.6) is 0 Å². The summed E-state index contributed by atoms with van der Waals surface area (Å²) in [6.45, 7) is 4.95. The summed E-state index contributed by atoms with van der Waals surface area (Å²) in [5.74, 6) is -1.42. The van der Waals surface area contributed by atoms with Gasteiger partial charge >= 0.3 is 5.97 Å². The highest BCUT2D eigenvalue weighted by atomic mass is 32.2. The Morgan fingerprint density at radius 2 is 1.68 bits per heavy atom. The van der Waals surface area contributed by atoms with Gasteiger partial charge in [-0.25, -0.2) is 13.2 Å². The number of benzene rings is 2. The van der Waals surface area contributed by atoms with Crippen LogP contribution in [0.15, 0.2) is 53.4 Å². The first-order chi connectivity index (χ1) is 13.3. The predicted molar refractivity (Wildman–Crippen MR) is 107 cm³/mol. The summed E-state index contributed by atoms with van der Waals surface area (Å²) < 4.78 is 29.3. The molecule has 0 saturated heterocycles. The molecule has 1 N–H and O–H groups in total. The standard InChI is InChI=1S/C21H25NO5S/c1-4-18(16-12-10-15(3)11-13-16)22-20(23)14-27-21(24)17-8-6-7-9-19(17)28(25,26)5-2/h6-13,18H,4-5,14H2,1-3H3,(H,22,23)/t18-/m0/s1. The summed E-state index contributed by atoms with van der Waals surface area (Å²) in [4.78, 5) is 24.5. The Bertz CT molecular complexity index is 936. The van der Waals surface area contributed by atoms with Crippen molar-refractivity contribution in [1.29, 1.82) is 0 Å². The number of esters is 1. The van der Waals surface area contributed by atoms with Gasteiger partial charge in [0.2, 0.25) is 0 Å². The first kappa shape index (κ1) is 21.6. The molecule has 1 atom stereocenters. The molecule has 0 unspecified atom stereocenters. The fourth-order valence-electron chi connectivity index (χ4n) is 2.73. The third-order valence-corrected chi connectivity index (χ3v) is 6.17. The van der Waals surface area contributed by atoms with E-state index in [1.54, 1.807) is 12.1 Å². The zero-order valence-electron chi connectivity index (χ0n) is 16.3. The molecule has 6 nitrogen and oxygen atoms in total. The van der Waals surface area contributed by atoms with Gasteiger partial charge in [0.1, 0.15) is 0 Å². The normalized spacial score (nSPS) is 12.2. The fourth-order valence-corrected chi connectivity index (χ4v) is 3.81. The maximum Gasteiger partial charge on any atom is 0.339 e. The summed E-state index contributed by atoms with van der Waals surface area (Å²) in [6.07, 6.45) is 0.681. The van der Waals surface area contributed by atoms with Gasteiger partial charge in [-0.3, -0.25) is 4.79 Å². The van der Waals surface area contributed by atoms with E-state index in [1.807, 2.05) is 38.1 Å². The number of rotatable bonds is 8. The predicted octanol–water partition coefficient (Wildman–Crippen LogP) is 3.21. The average molecular weight is 404 g/mol. The summed E-state index contributed by atoms with van der Waals surface area (Å²) in [5.41, 5.74) is 2.02. The van der Waals surface area contributed by atoms with Crippen LogP contribution in [0, 0.1) is 6.92 Å². The van der Waals surface area contributed by atoms with Crippen LogP contribution in [0.3, 0.4) is 0 Å². The topological polar surface area (TPSA) is 89.5 Å². The van der Waals surface area contributed by atoms with E-state index >= 15 is 0 Å². The Labute approximate surface area is 165 Å². The van der Waals surface area contributed by atoms with E-state index in [-0.39, 0.29) is 22.3 Å². The summed E-state index contributed by atoms with van der Waals surface area (Å²) in [5, 5.41) is 2.83. The quantitative estimate of drug-likeness (QED) is 0.684. The Hall–Kier alpha value is -2.67. The van der Waals surface area contributed by atoms with Gasteiger partial charge < -0.3 is 10.1 Å². The van der Waals surface area contributed by atoms with E-state index in [4.69, 9.17) is 4.74 Å². The van der Waals surface area contributed by atoms with Crippen molar-refractivity contribution in [3.05, 3.63) is 65.2 Å². The number of nitrogens with one attached hydrogen (secondary N) is 1. The molecule has 28 heavy (non-hydrogen) atoms. The summed E-state index contributed by atoms with van der Waals surface area (Å²) in [6, 6.07) is 13.5. The maximum absolute atomic E-state index is 12.3. The van der Waals surface area contributed by atoms with Crippen molar-refractivity contribution in [1.82, 2.24) is 5.32 Å². The Balaban J connectivity index is 2.03. The van der Waals surface area contributed by atoms with E-state index < -0.39 is 28.3 Å². The van der Waals surface area contributed by atoms with Crippen molar-refractivity contribution in [3.8, 4) is 0 Å². The van der Waals surface area contributed by atoms with E-state index in [0.717, 1.165) is 11.1 Å². The largest absolute Gasteiger partial charge is 0.452 e. The zero-order valence-corrected chi connectivity index (χ0v) is 17.1. The molecule has 2 aromatic carbocycles. The van der Waals surface area contributed by atoms with Crippen molar-refractivity contribution in [3.63, 3.8) is 0 Å². The number of carbonyl (C=O) groups excluding carboxylic acids is 2. The zero-order chi connectivity index (χ0) is 20.7. The maximum atomic E-state index is 12.3. The molecule has 0 aliphatic carbocycles. The SMILES string of the molecule is CC[C@H](NC(=O)COC(=O)c1ccccc1S(=O)(=O)CC)c1ccc(C)cc1. The van der Waals surface area contributed by atoms with Crippen LogP contribution in [-0.4, -0.2) is 32.7 Å². The summed E-state index contributed by atoms with van der Waals surface area (Å²) in [7, 11) is -3.58. The third-order valence-electron chi connectivity index (χ3n) is 4.38. The highest BCUT2D eigenvalue weighted by molar-refractivity contribution is 7.91. The lowest BCUT2D eigenvalue weighted by atomic mass is 10.0. The molecule has 0 aromatic heterocycles. The van der Waals surface area contributed by atoms with E-state index in [9.17, 15) is 18.0 Å². The van der Waals surface area contributed by atoms with Crippen molar-refractivity contribution in [2.75, 3.05) is 12.4 Å². The van der Waals surface area contributed by atoms with E-state index in [1.165, 1.54) is 19.1 Å². The van der Waals surface area contributed by atoms with Gasteiger partial charge in [0.05, 0.1) is 22.3 Å². The number of amides is 1. The van der Waals surface area contributed by atoms with Gasteiger partial charge in [0, 0.05) is 0 Å². The van der Waals surface area contributed by atoms with Gasteiger partial charge in [-0.05, 0) is 31.0 Å². The van der Waals surface area contributed by atoms with Crippen LogP contribution >= 0.6 is 0 Å². The lowest BCUT2D eigenvalue weighted by Crippen LogP contribution is -2.32. The number of hydrogen-bond acceptors (Lipinski definition) is 5. The Morgan fingerprint density at radius 1 is 1.04 bits per heavy atom. The van der Waals surface area contributed by atoms with Crippen molar-refractivity contribution >= 4 is 21.7 Å². The lowest BCUT2D eigenvalue weighted by molar-refractivity contribution is -0.125. The minimum absolute atomic E-state index is 0.0669. The van der Waals surface area contributed by atoms with Crippen molar-refractivity contribution in [2.24, 2.45) is 0 Å². The molecule has 0 fully saturated rings. The van der Waals surface area contributed by atoms with E-state index in [2.05, 4.69) is 5.32 Å². The lowest BCUT2D eigenvalue weighted by Gasteiger charge is -2.18. The molecular formula is C21H25NO5S. The molecule has 7 heteroatoms. The molecule has 0 saturated carbocycles. The molecule has 0 radical (unpaired) electrons. The van der Waals surface area contributed by atoms with Gasteiger partial charge in [-0.1, -0.05) is 55.8 Å². The van der Waals surface area contributed by atoms with Crippen LogP contribution in [0.25, 0.3) is 0 Å². The Kier molecular flexibility index (Phi) is 7.34. The monoisotopic (exact) mass is 403 g/mol. The molecule has 0 bridgehead atoms. The second kappa shape index (κ2) is 9.50. The van der Waals surface area contributed by atoms with Crippen molar-refractivity contribution in [2.45, 2.75) is 38.1 Å². The number of sulfone groups is 1. The molecule has 0 aliphatic rings. The average Bonchev–Trinajstić information content (AvgIpc) is 2.71. The molecule has 0 aliphatic heterocycles. The van der Waals surface area contributed by atoms with Crippen LogP contribution in [0.1, 0.15) is 47.8 Å². The second-order valence-corrected chi connectivity index (χ2v) is 8.66. The number of carbonyl (C=O) groups is 2. The molecule has 2 rings (SSSR count). The molecule has 1 amide bonds. The van der Waals surface area contributed by atoms with E-state index in [0.29, 0.717) is 6.42 Å². The van der Waals surface area contributed by atoms with Crippen LogP contribution < -0.4 is 5.32 Å². The van der Waals surface area contributed by atoms with Crippen LogP contribution in [0.4, 0.5) is 0 Å². The van der Waals surface area contributed by atoms with Gasteiger partial charge in [0.15, 0.2) is 16.4 Å². The smallest absolute Gasteiger partial charge is 0.339 e. The molecule has 150 valence electrons. The minimum atomic E-state index is -3.58. The molecular weight excluding hydrogens is 378 g/mol. The fraction of sp³-hybridized carbons (Fsp3) is 0.333. The van der Waals surface area contributed by atoms with Crippen LogP contribution in [-0.2, 0) is 19.4 Å². The molecule has 0 spiro atoms. The number of ether oxygens (including phenoxy) is 1. The Morgan fingerprint density at radius 3 is 2.29 bits per heavy atom. The first-order valence-electron chi connectivity index (χ1n) is 9.13. The number of hydrogen-bond donors (Lipinski definition) is 1. The first-order valence-corrected chi connectivity index (χ1v) is 10.8. The molecule has 2 aromatic rings. The summed E-state index contributed by atoms with van der Waals surface area (Å²) >= 11 is 0.